The minimum absolute atomic E-state index is 0.567. The van der Waals surface area contributed by atoms with E-state index in [2.05, 4.69) is 4.98 Å². The molecule has 3 nitrogen and oxygen atoms in total. The van der Waals surface area contributed by atoms with Crippen LogP contribution in [0.4, 0.5) is 0 Å². The Morgan fingerprint density at radius 1 is 1.27 bits per heavy atom. The molecule has 60 valence electrons. The lowest BCUT2D eigenvalue weighted by Gasteiger charge is -2.03. The van der Waals surface area contributed by atoms with E-state index in [0.717, 1.165) is 17.5 Å². The molecule has 0 radical (unpaired) electrons. The van der Waals surface area contributed by atoms with Gasteiger partial charge in [0.15, 0.2) is 0 Å². The van der Waals surface area contributed by atoms with Gasteiger partial charge in [-0.2, -0.15) is 0 Å². The van der Waals surface area contributed by atoms with Crippen molar-refractivity contribution in [3.63, 3.8) is 0 Å². The minimum Gasteiger partial charge on any atom is -0.330 e. The average molecular weight is 151 g/mol. The summed E-state index contributed by atoms with van der Waals surface area (Å²) in [4.78, 5) is 4.00. The summed E-state index contributed by atoms with van der Waals surface area (Å²) in [5, 5.41) is 0. The van der Waals surface area contributed by atoms with E-state index in [1.165, 1.54) is 0 Å². The molecule has 0 unspecified atom stereocenters. The van der Waals surface area contributed by atoms with Crippen LogP contribution < -0.4 is 11.5 Å². The van der Waals surface area contributed by atoms with Crippen LogP contribution >= 0.6 is 0 Å². The predicted octanol–water partition coefficient (Wildman–Crippen LogP) is 0.0415. The molecule has 0 aliphatic carbocycles. The highest BCUT2D eigenvalue weighted by molar-refractivity contribution is 5.23. The molecule has 1 aromatic rings. The summed E-state index contributed by atoms with van der Waals surface area (Å²) < 4.78 is 0. The molecule has 0 bridgehead atoms. The number of rotatable bonds is 3. The topological polar surface area (TPSA) is 64.9 Å². The molecule has 4 N–H and O–H groups in total. The molecule has 0 aliphatic heterocycles. The maximum Gasteiger partial charge on any atom is 0.0303 e. The second kappa shape index (κ2) is 4.05. The fourth-order valence-electron chi connectivity index (χ4n) is 1.04. The lowest BCUT2D eigenvalue weighted by Crippen LogP contribution is -2.08. The molecule has 0 aliphatic rings. The van der Waals surface area contributed by atoms with Gasteiger partial charge in [-0.3, -0.25) is 4.98 Å². The second-order valence-electron chi connectivity index (χ2n) is 2.39. The quantitative estimate of drug-likeness (QED) is 0.641. The van der Waals surface area contributed by atoms with Gasteiger partial charge in [0.25, 0.3) is 0 Å². The van der Waals surface area contributed by atoms with Gasteiger partial charge in [0, 0.05) is 18.9 Å². The molecular formula is C8H13N3. The smallest absolute Gasteiger partial charge is 0.0303 e. The van der Waals surface area contributed by atoms with Crippen molar-refractivity contribution in [2.75, 3.05) is 6.54 Å². The van der Waals surface area contributed by atoms with Gasteiger partial charge >= 0.3 is 0 Å². The van der Waals surface area contributed by atoms with Crippen LogP contribution in [-0.2, 0) is 13.0 Å². The van der Waals surface area contributed by atoms with E-state index in [1.54, 1.807) is 6.20 Å². The van der Waals surface area contributed by atoms with E-state index in [-0.39, 0.29) is 0 Å². The Labute approximate surface area is 66.4 Å². The van der Waals surface area contributed by atoms with Crippen molar-refractivity contribution in [2.45, 2.75) is 13.0 Å². The first-order valence-corrected chi connectivity index (χ1v) is 3.70. The normalized spacial score (nSPS) is 10.0. The number of pyridine rings is 1. The van der Waals surface area contributed by atoms with Crippen molar-refractivity contribution >= 4 is 0 Å². The molecule has 0 aromatic carbocycles. The monoisotopic (exact) mass is 151 g/mol. The summed E-state index contributed by atoms with van der Waals surface area (Å²) in [5.74, 6) is 0. The predicted molar refractivity (Wildman–Crippen MR) is 44.9 cm³/mol. The highest BCUT2D eigenvalue weighted by atomic mass is 14.6. The van der Waals surface area contributed by atoms with Gasteiger partial charge in [-0.15, -0.1) is 0 Å². The zero-order valence-electron chi connectivity index (χ0n) is 6.46. The van der Waals surface area contributed by atoms with E-state index in [9.17, 15) is 0 Å². The molecule has 11 heavy (non-hydrogen) atoms. The van der Waals surface area contributed by atoms with Crippen molar-refractivity contribution in [1.82, 2.24) is 4.98 Å². The molecule has 0 saturated carbocycles. The highest BCUT2D eigenvalue weighted by Crippen LogP contribution is 2.05. The number of hydrogen-bond acceptors (Lipinski definition) is 3. The Balaban J connectivity index is 2.83. The van der Waals surface area contributed by atoms with Crippen LogP contribution in [0.15, 0.2) is 18.5 Å². The first-order valence-electron chi connectivity index (χ1n) is 3.70. The maximum absolute atomic E-state index is 5.51. The Hall–Kier alpha value is -0.930. The number of hydrogen-bond donors (Lipinski definition) is 2. The second-order valence-corrected chi connectivity index (χ2v) is 2.39. The highest BCUT2D eigenvalue weighted by Gasteiger charge is 1.97. The number of aromatic nitrogens is 1. The van der Waals surface area contributed by atoms with E-state index in [0.29, 0.717) is 13.1 Å². The standard InChI is InChI=1S/C8H13N3/c9-3-1-8-6-11-4-2-7(8)5-10/h2,4,6H,1,3,5,9-10H2. The molecule has 0 saturated heterocycles. The zero-order valence-corrected chi connectivity index (χ0v) is 6.46. The lowest BCUT2D eigenvalue weighted by molar-refractivity contribution is 0.917. The van der Waals surface area contributed by atoms with Crippen molar-refractivity contribution in [2.24, 2.45) is 11.5 Å². The molecular weight excluding hydrogens is 138 g/mol. The number of nitrogens with two attached hydrogens (primary N) is 2. The third-order valence-electron chi connectivity index (χ3n) is 1.64. The van der Waals surface area contributed by atoms with Crippen LogP contribution in [0.3, 0.4) is 0 Å². The third-order valence-corrected chi connectivity index (χ3v) is 1.64. The summed E-state index contributed by atoms with van der Waals surface area (Å²) in [6.45, 7) is 1.22. The van der Waals surface area contributed by atoms with Crippen molar-refractivity contribution in [3.8, 4) is 0 Å². The van der Waals surface area contributed by atoms with Crippen molar-refractivity contribution < 1.29 is 0 Å². The molecule has 1 heterocycles. The summed E-state index contributed by atoms with van der Waals surface area (Å²) >= 11 is 0. The first-order chi connectivity index (χ1) is 5.38. The van der Waals surface area contributed by atoms with Gasteiger partial charge in [0.05, 0.1) is 0 Å². The summed E-state index contributed by atoms with van der Waals surface area (Å²) in [5.41, 5.74) is 13.2. The van der Waals surface area contributed by atoms with Crippen LogP contribution in [0.2, 0.25) is 0 Å². The van der Waals surface area contributed by atoms with Gasteiger partial charge in [-0.1, -0.05) is 0 Å². The van der Waals surface area contributed by atoms with E-state index in [1.807, 2.05) is 12.3 Å². The zero-order chi connectivity index (χ0) is 8.10. The summed E-state index contributed by atoms with van der Waals surface area (Å²) in [6.07, 6.45) is 4.44. The minimum atomic E-state index is 0.567. The van der Waals surface area contributed by atoms with Gasteiger partial charge < -0.3 is 11.5 Å². The maximum atomic E-state index is 5.51. The Morgan fingerprint density at radius 2 is 2.09 bits per heavy atom. The Bertz CT molecular complexity index is 222. The van der Waals surface area contributed by atoms with Crippen molar-refractivity contribution in [3.05, 3.63) is 29.6 Å². The lowest BCUT2D eigenvalue weighted by atomic mass is 10.1. The van der Waals surface area contributed by atoms with Crippen LogP contribution in [0, 0.1) is 0 Å². The van der Waals surface area contributed by atoms with Gasteiger partial charge in [0.1, 0.15) is 0 Å². The van der Waals surface area contributed by atoms with Crippen LogP contribution in [0.25, 0.3) is 0 Å². The first kappa shape index (κ1) is 8.17. The molecule has 0 spiro atoms. The van der Waals surface area contributed by atoms with Crippen LogP contribution in [0.5, 0.6) is 0 Å². The van der Waals surface area contributed by atoms with Gasteiger partial charge in [-0.05, 0) is 30.2 Å². The van der Waals surface area contributed by atoms with Gasteiger partial charge in [0.2, 0.25) is 0 Å². The van der Waals surface area contributed by atoms with Crippen LogP contribution in [-0.4, -0.2) is 11.5 Å². The Morgan fingerprint density at radius 3 is 2.73 bits per heavy atom. The molecule has 1 rings (SSSR count). The molecule has 0 fully saturated rings. The van der Waals surface area contributed by atoms with Crippen LogP contribution in [0.1, 0.15) is 11.1 Å². The SMILES string of the molecule is NCCc1cnccc1CN. The Kier molecular flexibility index (Phi) is 3.01. The largest absolute Gasteiger partial charge is 0.330 e. The molecule has 0 atom stereocenters. The summed E-state index contributed by atoms with van der Waals surface area (Å²) in [6, 6.07) is 1.94. The fourth-order valence-corrected chi connectivity index (χ4v) is 1.04. The third kappa shape index (κ3) is 2.00. The summed E-state index contributed by atoms with van der Waals surface area (Å²) in [7, 11) is 0. The van der Waals surface area contributed by atoms with Crippen molar-refractivity contribution in [1.29, 1.82) is 0 Å². The number of nitrogens with zero attached hydrogens (tertiary/aromatic N) is 1. The van der Waals surface area contributed by atoms with E-state index >= 15 is 0 Å². The van der Waals surface area contributed by atoms with Gasteiger partial charge in [-0.25, -0.2) is 0 Å². The average Bonchev–Trinajstić information content (AvgIpc) is 2.06. The molecule has 0 amide bonds. The molecule has 3 heteroatoms. The van der Waals surface area contributed by atoms with E-state index < -0.39 is 0 Å². The molecule has 1 aromatic heterocycles. The van der Waals surface area contributed by atoms with E-state index in [4.69, 9.17) is 11.5 Å². The fraction of sp³-hybridized carbons (Fsp3) is 0.375.